The fraction of sp³-hybridized carbons (Fsp3) is 0.435. The fourth-order valence-corrected chi connectivity index (χ4v) is 6.14. The molecule has 1 aliphatic carbocycles. The van der Waals surface area contributed by atoms with E-state index in [0.717, 1.165) is 30.6 Å². The molecule has 1 heterocycles. The zero-order valence-electron chi connectivity index (χ0n) is 17.5. The predicted molar refractivity (Wildman–Crippen MR) is 120 cm³/mol. The first-order chi connectivity index (χ1) is 14.9. The molecule has 0 bridgehead atoms. The molecule has 2 aromatic rings. The summed E-state index contributed by atoms with van der Waals surface area (Å²) in [5.41, 5.74) is 2.33. The van der Waals surface area contributed by atoms with Crippen molar-refractivity contribution in [2.45, 2.75) is 43.0 Å². The SMILES string of the molecule is COc1ccc2c(c1)CCCC2NC(=O)C1CCCN(S(=O)(=O)c2ccc(Cl)cc2)C1. The Kier molecular flexibility index (Phi) is 6.55. The average molecular weight is 463 g/mol. The minimum absolute atomic E-state index is 0.0506. The maximum absolute atomic E-state index is 13.1. The van der Waals surface area contributed by atoms with Gasteiger partial charge in [0, 0.05) is 18.1 Å². The van der Waals surface area contributed by atoms with Crippen LogP contribution in [0.3, 0.4) is 0 Å². The molecule has 0 spiro atoms. The Morgan fingerprint density at radius 2 is 1.90 bits per heavy atom. The molecule has 2 unspecified atom stereocenters. The maximum Gasteiger partial charge on any atom is 0.243 e. The maximum atomic E-state index is 13.1. The van der Waals surface area contributed by atoms with Crippen molar-refractivity contribution in [2.75, 3.05) is 20.2 Å². The lowest BCUT2D eigenvalue weighted by Crippen LogP contribution is -2.46. The number of aryl methyl sites for hydroxylation is 1. The number of fused-ring (bicyclic) bond motifs is 1. The molecular weight excluding hydrogens is 436 g/mol. The molecule has 2 aliphatic rings. The highest BCUT2D eigenvalue weighted by atomic mass is 35.5. The van der Waals surface area contributed by atoms with Crippen LogP contribution in [-0.2, 0) is 21.2 Å². The Morgan fingerprint density at radius 1 is 1.13 bits per heavy atom. The van der Waals surface area contributed by atoms with E-state index in [1.54, 1.807) is 19.2 Å². The number of sulfonamides is 1. The average Bonchev–Trinajstić information content (AvgIpc) is 2.79. The summed E-state index contributed by atoms with van der Waals surface area (Å²) in [7, 11) is -2.00. The molecule has 6 nitrogen and oxygen atoms in total. The molecule has 2 aromatic carbocycles. The van der Waals surface area contributed by atoms with Crippen LogP contribution in [0.15, 0.2) is 47.4 Å². The van der Waals surface area contributed by atoms with Crippen molar-refractivity contribution < 1.29 is 17.9 Å². The second-order valence-corrected chi connectivity index (χ2v) is 10.5. The fourth-order valence-electron chi connectivity index (χ4n) is 4.49. The molecule has 1 fully saturated rings. The topological polar surface area (TPSA) is 75.7 Å². The Labute approximate surface area is 188 Å². The Bertz CT molecular complexity index is 1060. The smallest absolute Gasteiger partial charge is 0.243 e. The number of rotatable bonds is 5. The van der Waals surface area contributed by atoms with E-state index in [1.807, 2.05) is 18.2 Å². The van der Waals surface area contributed by atoms with Crippen molar-refractivity contribution in [1.29, 1.82) is 0 Å². The minimum Gasteiger partial charge on any atom is -0.497 e. The van der Waals surface area contributed by atoms with Gasteiger partial charge in [-0.25, -0.2) is 8.42 Å². The van der Waals surface area contributed by atoms with Crippen LogP contribution in [-0.4, -0.2) is 38.8 Å². The summed E-state index contributed by atoms with van der Waals surface area (Å²) in [4.78, 5) is 13.3. The molecule has 0 saturated carbocycles. The van der Waals surface area contributed by atoms with Crippen LogP contribution < -0.4 is 10.1 Å². The van der Waals surface area contributed by atoms with E-state index < -0.39 is 10.0 Å². The standard InChI is InChI=1S/C23H27ClN2O4S/c1-30-19-9-12-21-16(14-19)4-2-6-22(21)25-23(27)17-5-3-13-26(15-17)31(28,29)20-10-7-18(24)8-11-20/h7-12,14,17,22H,2-6,13,15H2,1H3,(H,25,27). The molecule has 1 saturated heterocycles. The number of hydrogen-bond acceptors (Lipinski definition) is 4. The number of methoxy groups -OCH3 is 1. The van der Waals surface area contributed by atoms with Crippen LogP contribution in [0, 0.1) is 5.92 Å². The molecule has 1 aliphatic heterocycles. The van der Waals surface area contributed by atoms with Crippen molar-refractivity contribution in [1.82, 2.24) is 9.62 Å². The van der Waals surface area contributed by atoms with Crippen molar-refractivity contribution >= 4 is 27.5 Å². The van der Waals surface area contributed by atoms with E-state index in [2.05, 4.69) is 5.32 Å². The van der Waals surface area contributed by atoms with Gasteiger partial charge in [0.05, 0.1) is 24.0 Å². The summed E-state index contributed by atoms with van der Waals surface area (Å²) < 4.78 is 32.8. The second-order valence-electron chi connectivity index (χ2n) is 8.17. The number of piperidine rings is 1. The lowest BCUT2D eigenvalue weighted by atomic mass is 9.87. The number of amides is 1. The lowest BCUT2D eigenvalue weighted by molar-refractivity contribution is -0.127. The molecule has 2 atom stereocenters. The number of halogens is 1. The Balaban J connectivity index is 1.46. The monoisotopic (exact) mass is 462 g/mol. The lowest BCUT2D eigenvalue weighted by Gasteiger charge is -2.33. The quantitative estimate of drug-likeness (QED) is 0.730. The highest BCUT2D eigenvalue weighted by molar-refractivity contribution is 7.89. The van der Waals surface area contributed by atoms with Gasteiger partial charge in [-0.15, -0.1) is 0 Å². The summed E-state index contributed by atoms with van der Waals surface area (Å²) in [6, 6.07) is 12.1. The van der Waals surface area contributed by atoms with Gasteiger partial charge in [-0.05, 0) is 79.6 Å². The summed E-state index contributed by atoms with van der Waals surface area (Å²) in [6.07, 6.45) is 4.18. The first-order valence-electron chi connectivity index (χ1n) is 10.6. The minimum atomic E-state index is -3.65. The van der Waals surface area contributed by atoms with Crippen LogP contribution >= 0.6 is 11.6 Å². The molecule has 166 valence electrons. The van der Waals surface area contributed by atoms with Crippen molar-refractivity contribution in [3.05, 3.63) is 58.6 Å². The zero-order valence-corrected chi connectivity index (χ0v) is 19.1. The summed E-state index contributed by atoms with van der Waals surface area (Å²) in [5.74, 6) is 0.380. The third-order valence-corrected chi connectivity index (χ3v) is 8.32. The number of ether oxygens (including phenoxy) is 1. The van der Waals surface area contributed by atoms with E-state index in [1.165, 1.54) is 22.0 Å². The van der Waals surface area contributed by atoms with Crippen LogP contribution in [0.1, 0.15) is 42.9 Å². The zero-order chi connectivity index (χ0) is 22.0. The van der Waals surface area contributed by atoms with Gasteiger partial charge in [-0.1, -0.05) is 17.7 Å². The molecule has 1 N–H and O–H groups in total. The molecule has 0 radical (unpaired) electrons. The van der Waals surface area contributed by atoms with Crippen molar-refractivity contribution in [2.24, 2.45) is 5.92 Å². The van der Waals surface area contributed by atoms with Crippen molar-refractivity contribution in [3.63, 3.8) is 0 Å². The number of nitrogens with one attached hydrogen (secondary N) is 1. The molecular formula is C23H27ClN2O4S. The molecule has 0 aromatic heterocycles. The van der Waals surface area contributed by atoms with Gasteiger partial charge < -0.3 is 10.1 Å². The number of carbonyl (C=O) groups is 1. The third-order valence-electron chi connectivity index (χ3n) is 6.19. The third kappa shape index (κ3) is 4.73. The van der Waals surface area contributed by atoms with Gasteiger partial charge in [0.2, 0.25) is 15.9 Å². The van der Waals surface area contributed by atoms with E-state index >= 15 is 0 Å². The highest BCUT2D eigenvalue weighted by Gasteiger charge is 2.34. The number of hydrogen-bond donors (Lipinski definition) is 1. The second kappa shape index (κ2) is 9.18. The van der Waals surface area contributed by atoms with Gasteiger partial charge in [-0.3, -0.25) is 4.79 Å². The van der Waals surface area contributed by atoms with Gasteiger partial charge in [0.1, 0.15) is 5.75 Å². The molecule has 1 amide bonds. The Hall–Kier alpha value is -2.09. The normalized spacial score (nSPS) is 21.9. The van der Waals surface area contributed by atoms with Crippen LogP contribution in [0.25, 0.3) is 0 Å². The van der Waals surface area contributed by atoms with Gasteiger partial charge in [-0.2, -0.15) is 4.31 Å². The van der Waals surface area contributed by atoms with Crippen LogP contribution in [0.2, 0.25) is 5.02 Å². The highest BCUT2D eigenvalue weighted by Crippen LogP contribution is 2.33. The van der Waals surface area contributed by atoms with Gasteiger partial charge >= 0.3 is 0 Å². The van der Waals surface area contributed by atoms with Crippen LogP contribution in [0.4, 0.5) is 0 Å². The molecule has 31 heavy (non-hydrogen) atoms. The van der Waals surface area contributed by atoms with Gasteiger partial charge in [0.25, 0.3) is 0 Å². The van der Waals surface area contributed by atoms with Crippen LogP contribution in [0.5, 0.6) is 5.75 Å². The number of benzene rings is 2. The molecule has 8 heteroatoms. The van der Waals surface area contributed by atoms with Gasteiger partial charge in [0.15, 0.2) is 0 Å². The number of carbonyl (C=O) groups excluding carboxylic acids is 1. The first kappa shape index (κ1) is 22.1. The molecule has 4 rings (SSSR count). The summed E-state index contributed by atoms with van der Waals surface area (Å²) in [6.45, 7) is 0.611. The van der Waals surface area contributed by atoms with E-state index in [4.69, 9.17) is 16.3 Å². The van der Waals surface area contributed by atoms with E-state index in [0.29, 0.717) is 24.4 Å². The van der Waals surface area contributed by atoms with E-state index in [-0.39, 0.29) is 29.3 Å². The Morgan fingerprint density at radius 3 is 2.65 bits per heavy atom. The number of nitrogens with zero attached hydrogens (tertiary/aromatic N) is 1. The predicted octanol–water partition coefficient (Wildman–Crippen LogP) is 3.94. The van der Waals surface area contributed by atoms with Crippen molar-refractivity contribution in [3.8, 4) is 5.75 Å². The summed E-state index contributed by atoms with van der Waals surface area (Å²) in [5, 5.41) is 3.67. The van der Waals surface area contributed by atoms with E-state index in [9.17, 15) is 13.2 Å². The largest absolute Gasteiger partial charge is 0.497 e. The summed E-state index contributed by atoms with van der Waals surface area (Å²) >= 11 is 5.89. The first-order valence-corrected chi connectivity index (χ1v) is 12.4.